The number of hydrogen-bond donors (Lipinski definition) is 1. The Labute approximate surface area is 120 Å². The van der Waals surface area contributed by atoms with E-state index in [9.17, 15) is 18.4 Å². The number of methoxy groups -OCH3 is 2. The van der Waals surface area contributed by atoms with Gasteiger partial charge in [-0.3, -0.25) is 4.79 Å². The molecule has 0 heterocycles. The second-order valence-corrected chi connectivity index (χ2v) is 3.91. The van der Waals surface area contributed by atoms with Gasteiger partial charge in [-0.2, -0.15) is 8.78 Å². The maximum Gasteiger partial charge on any atom is 0.353 e. The third-order valence-corrected chi connectivity index (χ3v) is 2.57. The molecular formula is C14H15F2NO4. The van der Waals surface area contributed by atoms with Crippen LogP contribution in [-0.2, 0) is 20.2 Å². The molecule has 0 fully saturated rings. The zero-order valence-electron chi connectivity index (χ0n) is 11.6. The van der Waals surface area contributed by atoms with Gasteiger partial charge in [0.2, 0.25) is 0 Å². The number of ether oxygens (including phenoxy) is 2. The minimum absolute atomic E-state index is 0.0808. The van der Waals surface area contributed by atoms with Crippen LogP contribution >= 0.6 is 0 Å². The second-order valence-electron chi connectivity index (χ2n) is 3.91. The van der Waals surface area contributed by atoms with Gasteiger partial charge >= 0.3 is 11.9 Å². The van der Waals surface area contributed by atoms with Crippen LogP contribution in [0.5, 0.6) is 5.75 Å². The van der Waals surface area contributed by atoms with Crippen LogP contribution in [0.15, 0.2) is 36.4 Å². The molecule has 1 N–H and O–H groups in total. The summed E-state index contributed by atoms with van der Waals surface area (Å²) in [4.78, 5) is 22.4. The highest BCUT2D eigenvalue weighted by atomic mass is 19.3. The van der Waals surface area contributed by atoms with Gasteiger partial charge in [0.25, 0.3) is 5.91 Å². The predicted octanol–water partition coefficient (Wildman–Crippen LogP) is 1.63. The fraction of sp³-hybridized carbons (Fsp3) is 0.286. The molecule has 0 radical (unpaired) electrons. The number of amides is 1. The Morgan fingerprint density at radius 3 is 2.57 bits per heavy atom. The molecule has 7 heteroatoms. The molecule has 0 aliphatic carbocycles. The van der Waals surface area contributed by atoms with Gasteiger partial charge < -0.3 is 14.8 Å². The molecule has 21 heavy (non-hydrogen) atoms. The highest BCUT2D eigenvalue weighted by Crippen LogP contribution is 2.34. The number of benzene rings is 1. The number of para-hydroxylation sites is 1. The first-order valence-electron chi connectivity index (χ1n) is 5.97. The molecule has 0 spiro atoms. The van der Waals surface area contributed by atoms with E-state index in [0.717, 1.165) is 12.1 Å². The minimum Gasteiger partial charge on any atom is -0.496 e. The largest absolute Gasteiger partial charge is 0.496 e. The predicted molar refractivity (Wildman–Crippen MR) is 71.1 cm³/mol. The Balaban J connectivity index is 2.76. The number of carbonyl (C=O) groups is 2. The van der Waals surface area contributed by atoms with Crippen LogP contribution in [0.25, 0.3) is 0 Å². The summed E-state index contributed by atoms with van der Waals surface area (Å²) in [6.07, 6.45) is 2.24. The molecule has 1 aromatic rings. The first-order chi connectivity index (χ1) is 9.93. The summed E-state index contributed by atoms with van der Waals surface area (Å²) in [6.45, 7) is -0.224. The fourth-order valence-corrected chi connectivity index (χ4v) is 1.51. The molecule has 1 aromatic carbocycles. The van der Waals surface area contributed by atoms with Crippen molar-refractivity contribution in [1.29, 1.82) is 0 Å². The standard InChI is InChI=1S/C14H15F2NO4/c1-20-11-7-4-3-6-10(11)14(15,16)13(19)17-9-5-8-12(18)21-2/h3-8H,9H2,1-2H3,(H,17,19)/b8-5+. The Morgan fingerprint density at radius 1 is 1.29 bits per heavy atom. The third-order valence-electron chi connectivity index (χ3n) is 2.57. The molecule has 0 aliphatic heterocycles. The molecule has 0 aromatic heterocycles. The van der Waals surface area contributed by atoms with Crippen molar-refractivity contribution in [1.82, 2.24) is 5.32 Å². The van der Waals surface area contributed by atoms with E-state index < -0.39 is 23.4 Å². The molecule has 0 aliphatic rings. The summed E-state index contributed by atoms with van der Waals surface area (Å²) in [5.41, 5.74) is -0.526. The number of carbonyl (C=O) groups excluding carboxylic acids is 2. The molecule has 0 saturated heterocycles. The van der Waals surface area contributed by atoms with E-state index in [0.29, 0.717) is 0 Å². The maximum atomic E-state index is 14.0. The maximum absolute atomic E-state index is 14.0. The van der Waals surface area contributed by atoms with E-state index in [2.05, 4.69) is 4.74 Å². The van der Waals surface area contributed by atoms with Crippen LogP contribution in [0, 0.1) is 0 Å². The lowest BCUT2D eigenvalue weighted by Gasteiger charge is -2.18. The van der Waals surface area contributed by atoms with Crippen LogP contribution in [0.1, 0.15) is 5.56 Å². The van der Waals surface area contributed by atoms with Crippen LogP contribution < -0.4 is 10.1 Å². The van der Waals surface area contributed by atoms with Crippen molar-refractivity contribution in [2.24, 2.45) is 0 Å². The average molecular weight is 299 g/mol. The van der Waals surface area contributed by atoms with Gasteiger partial charge in [-0.25, -0.2) is 4.79 Å². The normalized spacial score (nSPS) is 11.2. The lowest BCUT2D eigenvalue weighted by atomic mass is 10.1. The highest BCUT2D eigenvalue weighted by molar-refractivity contribution is 5.86. The Morgan fingerprint density at radius 2 is 1.95 bits per heavy atom. The first-order valence-corrected chi connectivity index (χ1v) is 5.97. The van der Waals surface area contributed by atoms with Gasteiger partial charge in [-0.1, -0.05) is 18.2 Å². The van der Waals surface area contributed by atoms with Crippen molar-refractivity contribution < 1.29 is 27.8 Å². The number of rotatable bonds is 6. The smallest absolute Gasteiger partial charge is 0.353 e. The van der Waals surface area contributed by atoms with Crippen molar-refractivity contribution in [2.45, 2.75) is 5.92 Å². The quantitative estimate of drug-likeness (QED) is 0.640. The third kappa shape index (κ3) is 4.27. The van der Waals surface area contributed by atoms with Crippen LogP contribution in [0.3, 0.4) is 0 Å². The van der Waals surface area contributed by atoms with Crippen LogP contribution in [-0.4, -0.2) is 32.6 Å². The summed E-state index contributed by atoms with van der Waals surface area (Å²) < 4.78 is 37.2. The molecule has 1 amide bonds. The van der Waals surface area contributed by atoms with E-state index in [4.69, 9.17) is 4.74 Å². The summed E-state index contributed by atoms with van der Waals surface area (Å²) in [6, 6.07) is 5.36. The van der Waals surface area contributed by atoms with Gasteiger partial charge in [-0.15, -0.1) is 0 Å². The zero-order chi connectivity index (χ0) is 15.9. The number of esters is 1. The number of alkyl halides is 2. The van der Waals surface area contributed by atoms with Gasteiger partial charge in [-0.05, 0) is 12.1 Å². The number of hydrogen-bond acceptors (Lipinski definition) is 4. The van der Waals surface area contributed by atoms with E-state index >= 15 is 0 Å². The van der Waals surface area contributed by atoms with Gasteiger partial charge in [0, 0.05) is 12.6 Å². The van der Waals surface area contributed by atoms with E-state index in [1.54, 1.807) is 0 Å². The van der Waals surface area contributed by atoms with Crippen molar-refractivity contribution in [3.63, 3.8) is 0 Å². The van der Waals surface area contributed by atoms with Gasteiger partial charge in [0.1, 0.15) is 5.75 Å². The summed E-state index contributed by atoms with van der Waals surface area (Å²) >= 11 is 0. The van der Waals surface area contributed by atoms with Gasteiger partial charge in [0.05, 0.1) is 19.8 Å². The van der Waals surface area contributed by atoms with Crippen molar-refractivity contribution >= 4 is 11.9 Å². The molecule has 0 atom stereocenters. The number of halogens is 2. The van der Waals surface area contributed by atoms with Crippen molar-refractivity contribution in [3.8, 4) is 5.75 Å². The summed E-state index contributed by atoms with van der Waals surface area (Å²) in [7, 11) is 2.42. The van der Waals surface area contributed by atoms with Crippen LogP contribution in [0.2, 0.25) is 0 Å². The SMILES string of the molecule is COC(=O)/C=C/CNC(=O)C(F)(F)c1ccccc1OC. The van der Waals surface area contributed by atoms with Gasteiger partial charge in [0.15, 0.2) is 0 Å². The monoisotopic (exact) mass is 299 g/mol. The fourth-order valence-electron chi connectivity index (χ4n) is 1.51. The van der Waals surface area contributed by atoms with Crippen molar-refractivity contribution in [3.05, 3.63) is 42.0 Å². The molecule has 0 saturated carbocycles. The highest BCUT2D eigenvalue weighted by Gasteiger charge is 2.42. The number of nitrogens with one attached hydrogen (secondary N) is 1. The average Bonchev–Trinajstić information content (AvgIpc) is 2.50. The molecule has 5 nitrogen and oxygen atoms in total. The Kier molecular flexibility index (Phi) is 5.83. The molecule has 0 unspecified atom stereocenters. The Hall–Kier alpha value is -2.44. The summed E-state index contributed by atoms with van der Waals surface area (Å²) in [5, 5.41) is 2.01. The molecule has 1 rings (SSSR count). The van der Waals surface area contributed by atoms with E-state index in [1.165, 1.54) is 38.5 Å². The van der Waals surface area contributed by atoms with E-state index in [-0.39, 0.29) is 12.3 Å². The van der Waals surface area contributed by atoms with E-state index in [1.807, 2.05) is 5.32 Å². The Bertz CT molecular complexity index is 544. The lowest BCUT2D eigenvalue weighted by Crippen LogP contribution is -2.38. The second kappa shape index (κ2) is 7.37. The zero-order valence-corrected chi connectivity index (χ0v) is 11.6. The molecule has 114 valence electrons. The molecular weight excluding hydrogens is 284 g/mol. The topological polar surface area (TPSA) is 64.6 Å². The first kappa shape index (κ1) is 16.6. The van der Waals surface area contributed by atoms with Crippen LogP contribution in [0.4, 0.5) is 8.78 Å². The lowest BCUT2D eigenvalue weighted by molar-refractivity contribution is -0.147. The minimum atomic E-state index is -3.74. The summed E-state index contributed by atoms with van der Waals surface area (Å²) in [5.74, 6) is -5.95. The van der Waals surface area contributed by atoms with Crippen molar-refractivity contribution in [2.75, 3.05) is 20.8 Å². The molecule has 0 bridgehead atoms.